The van der Waals surface area contributed by atoms with E-state index >= 15 is 0 Å². The van der Waals surface area contributed by atoms with Crippen molar-refractivity contribution < 1.29 is 9.90 Å². The summed E-state index contributed by atoms with van der Waals surface area (Å²) in [7, 11) is 1.89. The Morgan fingerprint density at radius 1 is 1.16 bits per heavy atom. The second-order valence-electron chi connectivity index (χ2n) is 5.49. The largest absolute Gasteiger partial charge is 0.395 e. The molecular weight excluding hydrogens is 318 g/mol. The minimum Gasteiger partial charge on any atom is -0.395 e. The topological polar surface area (TPSA) is 83.3 Å². The number of carbonyl (C=O) groups excluding carboxylic acids is 1. The second-order valence-corrected chi connectivity index (χ2v) is 5.49. The number of hydrogen-bond donors (Lipinski definition) is 2. The van der Waals surface area contributed by atoms with Crippen LogP contribution in [-0.4, -0.2) is 46.0 Å². The van der Waals surface area contributed by atoms with Crippen molar-refractivity contribution >= 4 is 17.3 Å². The molecule has 2 N–H and O–H groups in total. The first-order chi connectivity index (χ1) is 12.2. The van der Waals surface area contributed by atoms with Crippen LogP contribution in [0, 0.1) is 0 Å². The lowest BCUT2D eigenvalue weighted by Gasteiger charge is -2.18. The van der Waals surface area contributed by atoms with Crippen LogP contribution in [0.3, 0.4) is 0 Å². The Balaban J connectivity index is 1.67. The Kier molecular flexibility index (Phi) is 5.06. The molecule has 2 aromatic carbocycles. The highest BCUT2D eigenvalue weighted by Gasteiger charge is 2.12. The van der Waals surface area contributed by atoms with Crippen molar-refractivity contribution in [1.29, 1.82) is 0 Å². The van der Waals surface area contributed by atoms with E-state index in [1.807, 2.05) is 54.4 Å². The van der Waals surface area contributed by atoms with Gasteiger partial charge in [0.2, 0.25) is 5.82 Å². The lowest BCUT2D eigenvalue weighted by molar-refractivity contribution is 0.101. The summed E-state index contributed by atoms with van der Waals surface area (Å²) in [5.41, 5.74) is 2.45. The number of hydrogen-bond acceptors (Lipinski definition) is 5. The van der Waals surface area contributed by atoms with Gasteiger partial charge in [-0.15, -0.1) is 5.10 Å². The van der Waals surface area contributed by atoms with Crippen molar-refractivity contribution in [2.75, 3.05) is 30.4 Å². The fraction of sp³-hybridized carbons (Fsp3) is 0.167. The SMILES string of the molecule is CN(CCO)c1ccc(NC(=O)c2ncn(-c3ccccc3)n2)cc1. The number of benzene rings is 2. The molecule has 0 fully saturated rings. The van der Waals surface area contributed by atoms with E-state index in [1.54, 1.807) is 16.8 Å². The third-order valence-corrected chi connectivity index (χ3v) is 3.72. The normalized spacial score (nSPS) is 10.5. The van der Waals surface area contributed by atoms with Gasteiger partial charge in [-0.2, -0.15) is 0 Å². The first-order valence-electron chi connectivity index (χ1n) is 7.88. The van der Waals surface area contributed by atoms with Crippen LogP contribution in [0.2, 0.25) is 0 Å². The van der Waals surface area contributed by atoms with Gasteiger partial charge >= 0.3 is 0 Å². The summed E-state index contributed by atoms with van der Waals surface area (Å²) >= 11 is 0. The maximum absolute atomic E-state index is 12.3. The van der Waals surface area contributed by atoms with Gasteiger partial charge in [0.05, 0.1) is 12.3 Å². The van der Waals surface area contributed by atoms with Crippen LogP contribution in [0.1, 0.15) is 10.6 Å². The molecule has 1 aromatic heterocycles. The summed E-state index contributed by atoms with van der Waals surface area (Å²) in [6.45, 7) is 0.636. The number of aromatic nitrogens is 3. The summed E-state index contributed by atoms with van der Waals surface area (Å²) in [5.74, 6) is -0.267. The summed E-state index contributed by atoms with van der Waals surface area (Å²) in [5, 5.41) is 15.9. The number of nitrogens with one attached hydrogen (secondary N) is 1. The van der Waals surface area contributed by atoms with E-state index in [1.165, 1.54) is 6.33 Å². The Morgan fingerprint density at radius 2 is 1.88 bits per heavy atom. The molecule has 7 heteroatoms. The second kappa shape index (κ2) is 7.59. The van der Waals surface area contributed by atoms with Gasteiger partial charge in [-0.1, -0.05) is 18.2 Å². The first kappa shape index (κ1) is 16.7. The molecule has 0 unspecified atom stereocenters. The van der Waals surface area contributed by atoms with Crippen LogP contribution < -0.4 is 10.2 Å². The number of anilines is 2. The number of rotatable bonds is 6. The van der Waals surface area contributed by atoms with E-state index in [-0.39, 0.29) is 18.3 Å². The van der Waals surface area contributed by atoms with Crippen molar-refractivity contribution in [3.05, 3.63) is 66.7 Å². The predicted molar refractivity (Wildman–Crippen MR) is 96.1 cm³/mol. The van der Waals surface area contributed by atoms with Crippen molar-refractivity contribution in [3.8, 4) is 5.69 Å². The van der Waals surface area contributed by atoms with Crippen LogP contribution >= 0.6 is 0 Å². The molecule has 1 amide bonds. The van der Waals surface area contributed by atoms with Gasteiger partial charge in [-0.05, 0) is 36.4 Å². The van der Waals surface area contributed by atoms with Crippen LogP contribution in [0.4, 0.5) is 11.4 Å². The van der Waals surface area contributed by atoms with Gasteiger partial charge in [0.25, 0.3) is 5.91 Å². The van der Waals surface area contributed by atoms with Crippen LogP contribution in [-0.2, 0) is 0 Å². The van der Waals surface area contributed by atoms with E-state index in [0.717, 1.165) is 11.4 Å². The molecule has 0 spiro atoms. The summed E-state index contributed by atoms with van der Waals surface area (Å²) in [4.78, 5) is 18.3. The van der Waals surface area contributed by atoms with Crippen LogP contribution in [0.5, 0.6) is 0 Å². The maximum Gasteiger partial charge on any atom is 0.295 e. The van der Waals surface area contributed by atoms with Crippen molar-refractivity contribution in [2.24, 2.45) is 0 Å². The lowest BCUT2D eigenvalue weighted by Crippen LogP contribution is -2.21. The Morgan fingerprint density at radius 3 is 2.56 bits per heavy atom. The molecule has 0 aliphatic carbocycles. The van der Waals surface area contributed by atoms with Gasteiger partial charge in [-0.3, -0.25) is 4.79 Å². The minimum absolute atomic E-state index is 0.0880. The first-order valence-corrected chi connectivity index (χ1v) is 7.88. The zero-order chi connectivity index (χ0) is 17.6. The number of carbonyl (C=O) groups is 1. The Hall–Kier alpha value is -3.19. The summed E-state index contributed by atoms with van der Waals surface area (Å²) < 4.78 is 1.56. The van der Waals surface area contributed by atoms with Gasteiger partial charge in [0, 0.05) is 25.0 Å². The molecule has 1 heterocycles. The number of likely N-dealkylation sites (N-methyl/N-ethyl adjacent to an activating group) is 1. The predicted octanol–water partition coefficient (Wildman–Crippen LogP) is 1.95. The smallest absolute Gasteiger partial charge is 0.295 e. The van der Waals surface area contributed by atoms with Gasteiger partial charge < -0.3 is 15.3 Å². The molecule has 0 atom stereocenters. The van der Waals surface area contributed by atoms with Crippen molar-refractivity contribution in [2.45, 2.75) is 0 Å². The number of para-hydroxylation sites is 1. The average Bonchev–Trinajstić information content (AvgIpc) is 3.13. The third-order valence-electron chi connectivity index (χ3n) is 3.72. The monoisotopic (exact) mass is 337 g/mol. The molecular formula is C18H19N5O2. The van der Waals surface area contributed by atoms with E-state index < -0.39 is 0 Å². The minimum atomic E-state index is -0.369. The molecule has 0 saturated carbocycles. The standard InChI is InChI=1S/C18H19N5O2/c1-22(11-12-24)15-9-7-14(8-10-15)20-18(25)17-19-13-23(21-17)16-5-3-2-4-6-16/h2-10,13,24H,11-12H2,1H3,(H,20,25). The van der Waals surface area contributed by atoms with Crippen molar-refractivity contribution in [1.82, 2.24) is 14.8 Å². The van der Waals surface area contributed by atoms with E-state index in [9.17, 15) is 4.79 Å². The van der Waals surface area contributed by atoms with Crippen molar-refractivity contribution in [3.63, 3.8) is 0 Å². The highest BCUT2D eigenvalue weighted by Crippen LogP contribution is 2.17. The Labute approximate surface area is 145 Å². The molecule has 0 aliphatic rings. The summed E-state index contributed by atoms with van der Waals surface area (Å²) in [6, 6.07) is 16.8. The molecule has 0 saturated heterocycles. The number of nitrogens with zero attached hydrogens (tertiary/aromatic N) is 4. The number of aliphatic hydroxyl groups is 1. The zero-order valence-electron chi connectivity index (χ0n) is 13.8. The molecule has 0 radical (unpaired) electrons. The fourth-order valence-corrected chi connectivity index (χ4v) is 2.34. The quantitative estimate of drug-likeness (QED) is 0.718. The highest BCUT2D eigenvalue weighted by molar-refractivity contribution is 6.01. The molecule has 3 aromatic rings. The Bertz CT molecular complexity index is 830. The fourth-order valence-electron chi connectivity index (χ4n) is 2.34. The van der Waals surface area contributed by atoms with Gasteiger partial charge in [-0.25, -0.2) is 9.67 Å². The van der Waals surface area contributed by atoms with Gasteiger partial charge in [0.15, 0.2) is 0 Å². The highest BCUT2D eigenvalue weighted by atomic mass is 16.3. The molecule has 128 valence electrons. The third kappa shape index (κ3) is 4.02. The van der Waals surface area contributed by atoms with Gasteiger partial charge in [0.1, 0.15) is 6.33 Å². The van der Waals surface area contributed by atoms with E-state index in [0.29, 0.717) is 12.2 Å². The molecule has 3 rings (SSSR count). The summed E-state index contributed by atoms with van der Waals surface area (Å²) in [6.07, 6.45) is 1.51. The van der Waals surface area contributed by atoms with E-state index in [2.05, 4.69) is 15.4 Å². The van der Waals surface area contributed by atoms with Crippen LogP contribution in [0.25, 0.3) is 5.69 Å². The van der Waals surface area contributed by atoms with E-state index in [4.69, 9.17) is 5.11 Å². The lowest BCUT2D eigenvalue weighted by atomic mass is 10.2. The molecule has 0 aliphatic heterocycles. The molecule has 25 heavy (non-hydrogen) atoms. The number of amides is 1. The zero-order valence-corrected chi connectivity index (χ0v) is 13.8. The molecule has 7 nitrogen and oxygen atoms in total. The van der Waals surface area contributed by atoms with Crippen LogP contribution in [0.15, 0.2) is 60.9 Å². The molecule has 0 bridgehead atoms. The maximum atomic E-state index is 12.3. The number of aliphatic hydroxyl groups excluding tert-OH is 1. The average molecular weight is 337 g/mol.